The molecule has 0 spiro atoms. The van der Waals surface area contributed by atoms with Crippen molar-refractivity contribution in [3.05, 3.63) is 131 Å². The molecule has 1 unspecified atom stereocenters. The number of hydrogen-bond donors (Lipinski definition) is 1. The molecular formula is C32H31ClFN3O4S. The monoisotopic (exact) mass is 607 g/mol. The normalized spacial score (nSPS) is 11.9. The number of aryl methyl sites for hydroxylation is 1. The Balaban J connectivity index is 1.80. The summed E-state index contributed by atoms with van der Waals surface area (Å²) in [7, 11) is -2.80. The highest BCUT2D eigenvalue weighted by atomic mass is 35.5. The Morgan fingerprint density at radius 3 is 2.21 bits per heavy atom. The molecular weight excluding hydrogens is 577 g/mol. The zero-order chi connectivity index (χ0) is 30.3. The maximum Gasteiger partial charge on any atom is 0.264 e. The number of nitrogens with zero attached hydrogens (tertiary/aromatic N) is 2. The van der Waals surface area contributed by atoms with E-state index in [4.69, 9.17) is 11.6 Å². The van der Waals surface area contributed by atoms with Gasteiger partial charge in [-0.2, -0.15) is 0 Å². The second-order valence-corrected chi connectivity index (χ2v) is 12.0. The summed E-state index contributed by atoms with van der Waals surface area (Å²) in [5.74, 6) is -1.69. The van der Waals surface area contributed by atoms with Gasteiger partial charge in [0.2, 0.25) is 11.8 Å². The molecule has 0 saturated carbocycles. The van der Waals surface area contributed by atoms with E-state index in [1.54, 1.807) is 24.3 Å². The molecule has 42 heavy (non-hydrogen) atoms. The van der Waals surface area contributed by atoms with E-state index in [9.17, 15) is 22.4 Å². The minimum Gasteiger partial charge on any atom is -0.357 e. The van der Waals surface area contributed by atoms with Crippen LogP contribution in [-0.2, 0) is 32.6 Å². The van der Waals surface area contributed by atoms with Gasteiger partial charge in [-0.05, 0) is 60.5 Å². The van der Waals surface area contributed by atoms with Crippen molar-refractivity contribution >= 4 is 39.1 Å². The fourth-order valence-corrected chi connectivity index (χ4v) is 6.11. The largest absolute Gasteiger partial charge is 0.357 e. The van der Waals surface area contributed by atoms with Gasteiger partial charge in [-0.1, -0.05) is 72.3 Å². The van der Waals surface area contributed by atoms with Gasteiger partial charge < -0.3 is 10.2 Å². The van der Waals surface area contributed by atoms with Gasteiger partial charge in [-0.25, -0.2) is 12.8 Å². The lowest BCUT2D eigenvalue weighted by atomic mass is 10.0. The summed E-state index contributed by atoms with van der Waals surface area (Å²) in [4.78, 5) is 28.6. The number of anilines is 1. The van der Waals surface area contributed by atoms with E-state index in [-0.39, 0.29) is 29.1 Å². The Morgan fingerprint density at radius 2 is 1.57 bits per heavy atom. The zero-order valence-corrected chi connectivity index (χ0v) is 24.8. The van der Waals surface area contributed by atoms with Crippen molar-refractivity contribution in [3.63, 3.8) is 0 Å². The Kier molecular flexibility index (Phi) is 9.98. The first-order valence-corrected chi connectivity index (χ1v) is 15.1. The van der Waals surface area contributed by atoms with Gasteiger partial charge in [-0.15, -0.1) is 0 Å². The summed E-state index contributed by atoms with van der Waals surface area (Å²) in [6.07, 6.45) is 0.134. The lowest BCUT2D eigenvalue weighted by Gasteiger charge is -2.33. The summed E-state index contributed by atoms with van der Waals surface area (Å²) in [5, 5.41) is 2.96. The lowest BCUT2D eigenvalue weighted by molar-refractivity contribution is -0.139. The van der Waals surface area contributed by atoms with Crippen molar-refractivity contribution in [3.8, 4) is 0 Å². The maximum atomic E-state index is 14.8. The van der Waals surface area contributed by atoms with E-state index in [0.29, 0.717) is 5.02 Å². The molecule has 218 valence electrons. The molecule has 0 radical (unpaired) electrons. The lowest BCUT2D eigenvalue weighted by Crippen LogP contribution is -2.53. The average molecular weight is 608 g/mol. The number of likely N-dealkylation sites (N-methyl/N-ethyl adjacent to an activating group) is 1. The highest BCUT2D eigenvalue weighted by Gasteiger charge is 2.34. The number of rotatable bonds is 11. The van der Waals surface area contributed by atoms with Gasteiger partial charge in [0.1, 0.15) is 18.4 Å². The predicted octanol–water partition coefficient (Wildman–Crippen LogP) is 5.37. The molecule has 0 bridgehead atoms. The first-order valence-electron chi connectivity index (χ1n) is 13.2. The smallest absolute Gasteiger partial charge is 0.264 e. The van der Waals surface area contributed by atoms with Crippen LogP contribution < -0.4 is 9.62 Å². The molecule has 0 heterocycles. The van der Waals surface area contributed by atoms with E-state index in [0.717, 1.165) is 15.4 Å². The topological polar surface area (TPSA) is 86.8 Å². The number of nitrogens with one attached hydrogen (secondary N) is 1. The molecule has 10 heteroatoms. The minimum absolute atomic E-state index is 0.0611. The molecule has 4 rings (SSSR count). The SMILES string of the molecule is CNC(=O)C(Cc1ccccc1)N(Cc1ccccc1F)C(=O)CN(c1cccc(C)c1)S(=O)(=O)c1ccc(Cl)cc1. The highest BCUT2D eigenvalue weighted by Crippen LogP contribution is 2.27. The highest BCUT2D eigenvalue weighted by molar-refractivity contribution is 7.92. The molecule has 0 saturated heterocycles. The Morgan fingerprint density at radius 1 is 0.905 bits per heavy atom. The molecule has 4 aromatic rings. The number of benzene rings is 4. The van der Waals surface area contributed by atoms with E-state index in [1.807, 2.05) is 43.3 Å². The third-order valence-electron chi connectivity index (χ3n) is 6.79. The number of sulfonamides is 1. The molecule has 7 nitrogen and oxygen atoms in total. The standard InChI is InChI=1S/C32H31ClFN3O4S/c1-23-9-8-13-27(19-23)37(42(40,41)28-17-15-26(33)16-18-28)22-31(38)36(21-25-12-6-7-14-29(25)34)30(32(39)35-2)20-24-10-4-3-5-11-24/h3-19,30H,20-22H2,1-2H3,(H,35,39). The van der Waals surface area contributed by atoms with Crippen molar-refractivity contribution in [2.24, 2.45) is 0 Å². The van der Waals surface area contributed by atoms with Gasteiger partial charge >= 0.3 is 0 Å². The van der Waals surface area contributed by atoms with Crippen LogP contribution in [0.15, 0.2) is 108 Å². The third-order valence-corrected chi connectivity index (χ3v) is 8.83. The van der Waals surface area contributed by atoms with Gasteiger partial charge in [-0.3, -0.25) is 13.9 Å². The fourth-order valence-electron chi connectivity index (χ4n) is 4.58. The van der Waals surface area contributed by atoms with Crippen LogP contribution in [0, 0.1) is 12.7 Å². The van der Waals surface area contributed by atoms with Crippen LogP contribution in [0.3, 0.4) is 0 Å². The Hall–Kier alpha value is -4.21. The summed E-state index contributed by atoms with van der Waals surface area (Å²) < 4.78 is 43.7. The van der Waals surface area contributed by atoms with Crippen LogP contribution in [-0.4, -0.2) is 44.8 Å². The van der Waals surface area contributed by atoms with Crippen molar-refractivity contribution in [1.82, 2.24) is 10.2 Å². The van der Waals surface area contributed by atoms with Crippen LogP contribution in [0.25, 0.3) is 0 Å². The van der Waals surface area contributed by atoms with Crippen molar-refractivity contribution in [2.75, 3.05) is 17.9 Å². The summed E-state index contributed by atoms with van der Waals surface area (Å²) >= 11 is 6.00. The van der Waals surface area contributed by atoms with Gasteiger partial charge in [0, 0.05) is 30.6 Å². The molecule has 0 aliphatic carbocycles. The maximum absolute atomic E-state index is 14.8. The third kappa shape index (κ3) is 7.35. The van der Waals surface area contributed by atoms with Crippen molar-refractivity contribution < 1.29 is 22.4 Å². The summed E-state index contributed by atoms with van der Waals surface area (Å²) in [6, 6.07) is 26.4. The molecule has 2 amide bonds. The van der Waals surface area contributed by atoms with E-state index in [1.165, 1.54) is 54.4 Å². The minimum atomic E-state index is -4.26. The molecule has 0 aliphatic heterocycles. The first-order chi connectivity index (χ1) is 20.1. The Labute approximate surface area is 250 Å². The molecule has 1 atom stereocenters. The van der Waals surface area contributed by atoms with Crippen molar-refractivity contribution in [1.29, 1.82) is 0 Å². The fraction of sp³-hybridized carbons (Fsp3) is 0.188. The number of hydrogen-bond acceptors (Lipinski definition) is 4. The predicted molar refractivity (Wildman–Crippen MR) is 162 cm³/mol. The number of carbonyl (C=O) groups excluding carboxylic acids is 2. The van der Waals surface area contributed by atoms with Gasteiger partial charge in [0.05, 0.1) is 10.6 Å². The number of halogens is 2. The Bertz CT molecular complexity index is 1650. The van der Waals surface area contributed by atoms with E-state index < -0.39 is 40.2 Å². The second kappa shape index (κ2) is 13.6. The van der Waals surface area contributed by atoms with Crippen molar-refractivity contribution in [2.45, 2.75) is 30.8 Å². The molecule has 1 N–H and O–H groups in total. The van der Waals surface area contributed by atoms with Crippen LogP contribution in [0.1, 0.15) is 16.7 Å². The quantitative estimate of drug-likeness (QED) is 0.248. The summed E-state index contributed by atoms with van der Waals surface area (Å²) in [6.45, 7) is 0.925. The van der Waals surface area contributed by atoms with Crippen LogP contribution in [0.5, 0.6) is 0 Å². The zero-order valence-electron chi connectivity index (χ0n) is 23.2. The second-order valence-electron chi connectivity index (χ2n) is 9.74. The van der Waals surface area contributed by atoms with Crippen LogP contribution in [0.4, 0.5) is 10.1 Å². The molecule has 0 fully saturated rings. The molecule has 0 aliphatic rings. The van der Waals surface area contributed by atoms with Gasteiger partial charge in [0.25, 0.3) is 10.0 Å². The number of amides is 2. The van der Waals surface area contributed by atoms with Crippen LogP contribution >= 0.6 is 11.6 Å². The number of carbonyl (C=O) groups is 2. The first kappa shape index (κ1) is 30.7. The summed E-state index contributed by atoms with van der Waals surface area (Å²) in [5.41, 5.74) is 2.02. The van der Waals surface area contributed by atoms with E-state index >= 15 is 0 Å². The van der Waals surface area contributed by atoms with Gasteiger partial charge in [0.15, 0.2) is 0 Å². The van der Waals surface area contributed by atoms with Crippen LogP contribution in [0.2, 0.25) is 5.02 Å². The molecule has 0 aromatic heterocycles. The molecule has 4 aromatic carbocycles. The average Bonchev–Trinajstić information content (AvgIpc) is 2.98. The van der Waals surface area contributed by atoms with E-state index in [2.05, 4.69) is 5.32 Å².